The summed E-state index contributed by atoms with van der Waals surface area (Å²) in [6.45, 7) is 6.17. The average Bonchev–Trinajstić information content (AvgIpc) is 3.02. The summed E-state index contributed by atoms with van der Waals surface area (Å²) < 4.78 is 30.1. The van der Waals surface area contributed by atoms with Crippen molar-refractivity contribution >= 4 is 36.7 Å². The summed E-state index contributed by atoms with van der Waals surface area (Å²) in [4.78, 5) is 4.57. The number of para-hydroxylation sites is 1. The molecule has 0 saturated carbocycles. The number of nitrogens with one attached hydrogen (secondary N) is 1. The van der Waals surface area contributed by atoms with E-state index in [-0.39, 0.29) is 4.90 Å². The SMILES string of the molecule is CCn1cc(S(=O)(=O)Nc2nc3c(C)cccc3s2)c(C)n1. The predicted molar refractivity (Wildman–Crippen MR) is 87.8 cm³/mol. The number of thiazole rings is 1. The molecule has 0 amide bonds. The van der Waals surface area contributed by atoms with E-state index in [2.05, 4.69) is 14.8 Å². The van der Waals surface area contributed by atoms with Gasteiger partial charge in [0.05, 0.1) is 15.9 Å². The molecule has 0 bridgehead atoms. The molecular weight excluding hydrogens is 320 g/mol. The van der Waals surface area contributed by atoms with Crippen LogP contribution in [0.25, 0.3) is 10.2 Å². The number of sulfonamides is 1. The first-order valence-corrected chi connectivity index (χ1v) is 9.13. The number of hydrogen-bond acceptors (Lipinski definition) is 5. The Hall–Kier alpha value is -1.93. The van der Waals surface area contributed by atoms with Crippen LogP contribution in [0.4, 0.5) is 5.13 Å². The van der Waals surface area contributed by atoms with Crippen molar-refractivity contribution in [1.82, 2.24) is 14.8 Å². The van der Waals surface area contributed by atoms with E-state index in [4.69, 9.17) is 0 Å². The van der Waals surface area contributed by atoms with E-state index in [0.29, 0.717) is 17.4 Å². The van der Waals surface area contributed by atoms with E-state index in [1.807, 2.05) is 32.0 Å². The van der Waals surface area contributed by atoms with Crippen LogP contribution in [0.2, 0.25) is 0 Å². The van der Waals surface area contributed by atoms with E-state index < -0.39 is 10.0 Å². The van der Waals surface area contributed by atoms with E-state index in [1.54, 1.807) is 11.6 Å². The Morgan fingerprint density at radius 3 is 2.73 bits per heavy atom. The topological polar surface area (TPSA) is 76.9 Å². The Balaban J connectivity index is 1.99. The zero-order valence-electron chi connectivity index (χ0n) is 12.5. The van der Waals surface area contributed by atoms with Gasteiger partial charge in [0.1, 0.15) is 4.90 Å². The van der Waals surface area contributed by atoms with Crippen molar-refractivity contribution in [3.8, 4) is 0 Å². The number of anilines is 1. The van der Waals surface area contributed by atoms with Crippen molar-refractivity contribution in [3.05, 3.63) is 35.7 Å². The van der Waals surface area contributed by atoms with E-state index in [1.165, 1.54) is 17.5 Å². The number of rotatable bonds is 4. The third-order valence-corrected chi connectivity index (χ3v) is 5.86. The third-order valence-electron chi connectivity index (χ3n) is 3.36. The first kappa shape index (κ1) is 15.0. The highest BCUT2D eigenvalue weighted by atomic mass is 32.2. The van der Waals surface area contributed by atoms with Gasteiger partial charge in [-0.15, -0.1) is 0 Å². The Morgan fingerprint density at radius 2 is 2.09 bits per heavy atom. The van der Waals surface area contributed by atoms with E-state index in [0.717, 1.165) is 15.8 Å². The summed E-state index contributed by atoms with van der Waals surface area (Å²) in [7, 11) is -3.68. The molecule has 0 unspecified atom stereocenters. The van der Waals surface area contributed by atoms with Crippen molar-refractivity contribution in [3.63, 3.8) is 0 Å². The molecule has 0 saturated heterocycles. The number of aryl methyl sites for hydroxylation is 3. The fourth-order valence-corrected chi connectivity index (χ4v) is 4.59. The first-order chi connectivity index (χ1) is 10.4. The van der Waals surface area contributed by atoms with Crippen LogP contribution in [0.15, 0.2) is 29.3 Å². The van der Waals surface area contributed by atoms with Gasteiger partial charge < -0.3 is 0 Å². The Morgan fingerprint density at radius 1 is 1.32 bits per heavy atom. The maximum absolute atomic E-state index is 12.5. The minimum absolute atomic E-state index is 0.185. The highest BCUT2D eigenvalue weighted by Gasteiger charge is 2.22. The lowest BCUT2D eigenvalue weighted by atomic mass is 10.2. The fraction of sp³-hybridized carbons (Fsp3) is 0.286. The summed E-state index contributed by atoms with van der Waals surface area (Å²) in [6.07, 6.45) is 1.54. The van der Waals surface area contributed by atoms with Gasteiger partial charge in [0, 0.05) is 12.7 Å². The summed E-state index contributed by atoms with van der Waals surface area (Å²) in [6, 6.07) is 5.82. The van der Waals surface area contributed by atoms with Crippen molar-refractivity contribution in [1.29, 1.82) is 0 Å². The van der Waals surface area contributed by atoms with Crippen molar-refractivity contribution in [2.75, 3.05) is 4.72 Å². The van der Waals surface area contributed by atoms with Crippen molar-refractivity contribution in [2.45, 2.75) is 32.2 Å². The highest BCUT2D eigenvalue weighted by molar-refractivity contribution is 7.93. The second-order valence-electron chi connectivity index (χ2n) is 4.98. The molecule has 3 aromatic rings. The second kappa shape index (κ2) is 5.36. The maximum Gasteiger partial charge on any atom is 0.267 e. The van der Waals surface area contributed by atoms with Gasteiger partial charge >= 0.3 is 0 Å². The molecule has 0 radical (unpaired) electrons. The number of benzene rings is 1. The largest absolute Gasteiger partial charge is 0.271 e. The molecule has 1 aromatic carbocycles. The zero-order chi connectivity index (χ0) is 15.9. The van der Waals surface area contributed by atoms with Gasteiger partial charge in [0.2, 0.25) is 0 Å². The minimum Gasteiger partial charge on any atom is -0.271 e. The zero-order valence-corrected chi connectivity index (χ0v) is 14.1. The van der Waals surface area contributed by atoms with E-state index in [9.17, 15) is 8.42 Å². The van der Waals surface area contributed by atoms with Gasteiger partial charge in [-0.25, -0.2) is 13.4 Å². The fourth-order valence-electron chi connectivity index (χ4n) is 2.23. The smallest absolute Gasteiger partial charge is 0.267 e. The quantitative estimate of drug-likeness (QED) is 0.795. The standard InChI is InChI=1S/C14H16N4O2S2/c1-4-18-8-12(10(3)16-18)22(19,20)17-14-15-13-9(2)6-5-7-11(13)21-14/h5-8H,4H2,1-3H3,(H,15,17). The van der Waals surface area contributed by atoms with Gasteiger partial charge in [-0.1, -0.05) is 23.5 Å². The minimum atomic E-state index is -3.68. The third kappa shape index (κ3) is 2.59. The average molecular weight is 336 g/mol. The molecule has 2 aromatic heterocycles. The molecule has 0 aliphatic rings. The lowest BCUT2D eigenvalue weighted by Crippen LogP contribution is -2.13. The molecule has 1 N–H and O–H groups in total. The lowest BCUT2D eigenvalue weighted by Gasteiger charge is -2.02. The van der Waals surface area contributed by atoms with E-state index >= 15 is 0 Å². The Kier molecular flexibility index (Phi) is 3.65. The number of hydrogen-bond donors (Lipinski definition) is 1. The highest BCUT2D eigenvalue weighted by Crippen LogP contribution is 2.29. The summed E-state index contributed by atoms with van der Waals surface area (Å²) in [5.41, 5.74) is 2.33. The van der Waals surface area contributed by atoms with Crippen LogP contribution in [-0.2, 0) is 16.6 Å². The van der Waals surface area contributed by atoms with Crippen LogP contribution in [0.3, 0.4) is 0 Å². The van der Waals surface area contributed by atoms with Gasteiger partial charge in [-0.05, 0) is 32.4 Å². The monoisotopic (exact) mass is 336 g/mol. The van der Waals surface area contributed by atoms with Crippen LogP contribution in [0.5, 0.6) is 0 Å². The summed E-state index contributed by atoms with van der Waals surface area (Å²) in [5.74, 6) is 0. The van der Waals surface area contributed by atoms with Crippen LogP contribution in [0, 0.1) is 13.8 Å². The molecule has 116 valence electrons. The summed E-state index contributed by atoms with van der Waals surface area (Å²) >= 11 is 1.32. The molecule has 0 fully saturated rings. The molecule has 0 atom stereocenters. The number of fused-ring (bicyclic) bond motifs is 1. The van der Waals surface area contributed by atoms with Crippen LogP contribution >= 0.6 is 11.3 Å². The second-order valence-corrected chi connectivity index (χ2v) is 7.66. The normalized spacial score (nSPS) is 12.0. The molecule has 22 heavy (non-hydrogen) atoms. The van der Waals surface area contributed by atoms with Crippen molar-refractivity contribution < 1.29 is 8.42 Å². The van der Waals surface area contributed by atoms with Gasteiger partial charge in [-0.2, -0.15) is 5.10 Å². The Bertz CT molecular complexity index is 941. The molecular formula is C14H16N4O2S2. The van der Waals surface area contributed by atoms with Crippen LogP contribution < -0.4 is 4.72 Å². The molecule has 6 nitrogen and oxygen atoms in total. The molecule has 0 aliphatic carbocycles. The van der Waals surface area contributed by atoms with Gasteiger partial charge in [0.25, 0.3) is 10.0 Å². The predicted octanol–water partition coefficient (Wildman–Crippen LogP) is 2.93. The van der Waals surface area contributed by atoms with Gasteiger partial charge in [-0.3, -0.25) is 9.40 Å². The first-order valence-electron chi connectivity index (χ1n) is 6.83. The molecule has 8 heteroatoms. The molecule has 0 spiro atoms. The summed E-state index contributed by atoms with van der Waals surface area (Å²) in [5, 5.41) is 4.54. The van der Waals surface area contributed by atoms with Crippen LogP contribution in [0.1, 0.15) is 18.2 Å². The van der Waals surface area contributed by atoms with Gasteiger partial charge in [0.15, 0.2) is 5.13 Å². The molecule has 0 aliphatic heterocycles. The lowest BCUT2D eigenvalue weighted by molar-refractivity contribution is 0.600. The Labute approximate surface area is 132 Å². The molecule has 2 heterocycles. The molecule has 3 rings (SSSR count). The van der Waals surface area contributed by atoms with Crippen LogP contribution in [-0.4, -0.2) is 23.2 Å². The number of aromatic nitrogens is 3. The number of nitrogens with zero attached hydrogens (tertiary/aromatic N) is 3. The van der Waals surface area contributed by atoms with Crippen molar-refractivity contribution in [2.24, 2.45) is 0 Å². The maximum atomic E-state index is 12.5.